The highest BCUT2D eigenvalue weighted by Gasteiger charge is 2.17. The van der Waals surface area contributed by atoms with Gasteiger partial charge in [0.15, 0.2) is 6.19 Å². The first-order valence-electron chi connectivity index (χ1n) is 6.43. The summed E-state index contributed by atoms with van der Waals surface area (Å²) in [6, 6.07) is 7.09. The SMILES string of the molecule is CCNC(=NCC(OC(C)=O)c1ccccc1Cl)NC#N. The Morgan fingerprint density at radius 3 is 2.81 bits per heavy atom. The summed E-state index contributed by atoms with van der Waals surface area (Å²) in [4.78, 5) is 15.4. The lowest BCUT2D eigenvalue weighted by molar-refractivity contribution is -0.146. The topological polar surface area (TPSA) is 86.5 Å². The molecule has 1 aromatic rings. The number of benzene rings is 1. The Hall–Kier alpha value is -2.26. The van der Waals surface area contributed by atoms with Crippen molar-refractivity contribution in [2.75, 3.05) is 13.1 Å². The molecule has 0 spiro atoms. The van der Waals surface area contributed by atoms with Crippen molar-refractivity contribution in [2.45, 2.75) is 20.0 Å². The van der Waals surface area contributed by atoms with Gasteiger partial charge < -0.3 is 10.1 Å². The highest BCUT2D eigenvalue weighted by Crippen LogP contribution is 2.25. The number of halogens is 1. The lowest BCUT2D eigenvalue weighted by Gasteiger charge is -2.17. The molecule has 1 unspecified atom stereocenters. The Balaban J connectivity index is 2.94. The van der Waals surface area contributed by atoms with E-state index in [4.69, 9.17) is 21.6 Å². The Morgan fingerprint density at radius 2 is 2.24 bits per heavy atom. The van der Waals surface area contributed by atoms with E-state index in [1.807, 2.05) is 6.92 Å². The third-order valence-corrected chi connectivity index (χ3v) is 2.84. The first kappa shape index (κ1) is 16.8. The summed E-state index contributed by atoms with van der Waals surface area (Å²) >= 11 is 6.12. The first-order valence-corrected chi connectivity index (χ1v) is 6.81. The zero-order valence-electron chi connectivity index (χ0n) is 11.9. The second kappa shape index (κ2) is 8.82. The minimum Gasteiger partial charge on any atom is -0.456 e. The van der Waals surface area contributed by atoms with E-state index in [1.165, 1.54) is 6.92 Å². The Morgan fingerprint density at radius 1 is 1.52 bits per heavy atom. The van der Waals surface area contributed by atoms with E-state index in [1.54, 1.807) is 30.5 Å². The predicted octanol–water partition coefficient (Wildman–Crippen LogP) is 1.98. The molecule has 112 valence electrons. The van der Waals surface area contributed by atoms with Gasteiger partial charge in [0.05, 0.1) is 6.54 Å². The van der Waals surface area contributed by atoms with Crippen molar-refractivity contribution in [2.24, 2.45) is 4.99 Å². The molecule has 2 N–H and O–H groups in total. The number of aliphatic imine (C=N–C) groups is 1. The number of nitriles is 1. The van der Waals surface area contributed by atoms with E-state index < -0.39 is 12.1 Å². The van der Waals surface area contributed by atoms with Crippen LogP contribution in [0.25, 0.3) is 0 Å². The van der Waals surface area contributed by atoms with Gasteiger partial charge in [0.1, 0.15) is 6.10 Å². The summed E-state index contributed by atoms with van der Waals surface area (Å²) in [7, 11) is 0. The van der Waals surface area contributed by atoms with Crippen molar-refractivity contribution >= 4 is 23.5 Å². The maximum absolute atomic E-state index is 11.2. The third kappa shape index (κ3) is 5.71. The van der Waals surface area contributed by atoms with Crippen molar-refractivity contribution in [3.05, 3.63) is 34.9 Å². The second-order valence-electron chi connectivity index (χ2n) is 4.08. The Kier molecular flexibility index (Phi) is 7.05. The fourth-order valence-corrected chi connectivity index (χ4v) is 1.93. The molecule has 0 heterocycles. The number of hydrogen-bond acceptors (Lipinski definition) is 4. The molecule has 1 atom stereocenters. The van der Waals surface area contributed by atoms with Crippen LogP contribution in [-0.4, -0.2) is 25.0 Å². The van der Waals surface area contributed by atoms with Crippen LogP contribution in [-0.2, 0) is 9.53 Å². The number of ether oxygens (including phenoxy) is 1. The van der Waals surface area contributed by atoms with Gasteiger partial charge in [-0.25, -0.2) is 4.99 Å². The van der Waals surface area contributed by atoms with Crippen molar-refractivity contribution in [1.82, 2.24) is 10.6 Å². The van der Waals surface area contributed by atoms with Crippen LogP contribution in [0.15, 0.2) is 29.3 Å². The number of esters is 1. The summed E-state index contributed by atoms with van der Waals surface area (Å²) in [5, 5.41) is 14.5. The number of nitrogens with zero attached hydrogens (tertiary/aromatic N) is 2. The summed E-state index contributed by atoms with van der Waals surface area (Å²) in [6.07, 6.45) is 1.19. The van der Waals surface area contributed by atoms with E-state index in [2.05, 4.69) is 15.6 Å². The van der Waals surface area contributed by atoms with Gasteiger partial charge in [-0.1, -0.05) is 29.8 Å². The zero-order chi connectivity index (χ0) is 15.7. The monoisotopic (exact) mass is 308 g/mol. The van der Waals surface area contributed by atoms with Gasteiger partial charge in [-0.05, 0) is 13.0 Å². The molecule has 0 aromatic heterocycles. The smallest absolute Gasteiger partial charge is 0.303 e. The van der Waals surface area contributed by atoms with Crippen LogP contribution >= 0.6 is 11.6 Å². The van der Waals surface area contributed by atoms with Gasteiger partial charge >= 0.3 is 5.97 Å². The number of nitrogens with one attached hydrogen (secondary N) is 2. The zero-order valence-corrected chi connectivity index (χ0v) is 12.6. The number of carbonyl (C=O) groups excluding carboxylic acids is 1. The number of hydrogen-bond donors (Lipinski definition) is 2. The molecule has 21 heavy (non-hydrogen) atoms. The van der Waals surface area contributed by atoms with Crippen LogP contribution in [0.2, 0.25) is 5.02 Å². The quantitative estimate of drug-likeness (QED) is 0.285. The van der Waals surface area contributed by atoms with Crippen molar-refractivity contribution < 1.29 is 9.53 Å². The normalized spacial score (nSPS) is 12.2. The highest BCUT2D eigenvalue weighted by atomic mass is 35.5. The lowest BCUT2D eigenvalue weighted by Crippen LogP contribution is -2.34. The molecule has 0 saturated carbocycles. The molecule has 0 bridgehead atoms. The molecule has 0 aliphatic heterocycles. The molecule has 1 rings (SSSR count). The minimum absolute atomic E-state index is 0.153. The number of guanidine groups is 1. The van der Waals surface area contributed by atoms with Crippen LogP contribution < -0.4 is 10.6 Å². The first-order chi connectivity index (χ1) is 10.1. The molecule has 0 saturated heterocycles. The largest absolute Gasteiger partial charge is 0.456 e. The average Bonchev–Trinajstić information content (AvgIpc) is 2.44. The molecular weight excluding hydrogens is 292 g/mol. The van der Waals surface area contributed by atoms with Crippen LogP contribution in [0.3, 0.4) is 0 Å². The van der Waals surface area contributed by atoms with E-state index in [0.717, 1.165) is 0 Å². The second-order valence-corrected chi connectivity index (χ2v) is 4.48. The number of rotatable bonds is 5. The molecule has 0 radical (unpaired) electrons. The predicted molar refractivity (Wildman–Crippen MR) is 80.7 cm³/mol. The van der Waals surface area contributed by atoms with E-state index >= 15 is 0 Å². The van der Waals surface area contributed by atoms with E-state index in [9.17, 15) is 4.79 Å². The van der Waals surface area contributed by atoms with Crippen LogP contribution in [0.5, 0.6) is 0 Å². The van der Waals surface area contributed by atoms with Gasteiger partial charge in [0.2, 0.25) is 5.96 Å². The van der Waals surface area contributed by atoms with Crippen LogP contribution in [0.1, 0.15) is 25.5 Å². The molecular formula is C14H17ClN4O2. The van der Waals surface area contributed by atoms with Crippen LogP contribution in [0, 0.1) is 11.5 Å². The fourth-order valence-electron chi connectivity index (χ4n) is 1.67. The summed E-state index contributed by atoms with van der Waals surface area (Å²) in [5.74, 6) is -0.0995. The Labute approximate surface area is 128 Å². The van der Waals surface area contributed by atoms with E-state index in [0.29, 0.717) is 23.1 Å². The van der Waals surface area contributed by atoms with Gasteiger partial charge in [-0.3, -0.25) is 10.1 Å². The fraction of sp³-hybridized carbons (Fsp3) is 0.357. The maximum Gasteiger partial charge on any atom is 0.303 e. The van der Waals surface area contributed by atoms with Crippen molar-refractivity contribution in [3.63, 3.8) is 0 Å². The molecule has 1 aromatic carbocycles. The van der Waals surface area contributed by atoms with Gasteiger partial charge in [-0.2, -0.15) is 5.26 Å². The summed E-state index contributed by atoms with van der Waals surface area (Å²) in [5.41, 5.74) is 0.672. The standard InChI is InChI=1S/C14H17ClN4O2/c1-3-17-14(19-9-16)18-8-13(21-10(2)20)11-6-4-5-7-12(11)15/h4-7,13H,3,8H2,1-2H3,(H2,17,18,19). The van der Waals surface area contributed by atoms with Gasteiger partial charge in [0.25, 0.3) is 0 Å². The van der Waals surface area contributed by atoms with E-state index in [-0.39, 0.29) is 6.54 Å². The molecule has 0 aliphatic carbocycles. The summed E-state index contributed by atoms with van der Waals surface area (Å²) < 4.78 is 5.25. The lowest BCUT2D eigenvalue weighted by atomic mass is 10.1. The van der Waals surface area contributed by atoms with Crippen LogP contribution in [0.4, 0.5) is 0 Å². The molecule has 0 aliphatic rings. The highest BCUT2D eigenvalue weighted by molar-refractivity contribution is 6.31. The van der Waals surface area contributed by atoms with Gasteiger partial charge in [0, 0.05) is 24.1 Å². The maximum atomic E-state index is 11.2. The molecule has 0 amide bonds. The van der Waals surface area contributed by atoms with Gasteiger partial charge in [-0.15, -0.1) is 0 Å². The summed E-state index contributed by atoms with van der Waals surface area (Å²) in [6.45, 7) is 3.97. The number of carbonyl (C=O) groups is 1. The Bertz CT molecular complexity index is 554. The average molecular weight is 309 g/mol. The molecule has 7 heteroatoms. The molecule has 0 fully saturated rings. The van der Waals surface area contributed by atoms with Crippen molar-refractivity contribution in [1.29, 1.82) is 5.26 Å². The third-order valence-electron chi connectivity index (χ3n) is 2.49. The molecule has 6 nitrogen and oxygen atoms in total. The minimum atomic E-state index is -0.606. The van der Waals surface area contributed by atoms with Crippen molar-refractivity contribution in [3.8, 4) is 6.19 Å².